The largest absolute Gasteiger partial charge is 0.480 e. The van der Waals surface area contributed by atoms with Gasteiger partial charge in [-0.15, -0.1) is 0 Å². The van der Waals surface area contributed by atoms with Crippen molar-refractivity contribution in [3.63, 3.8) is 0 Å². The molecule has 1 aliphatic rings. The number of aromatic nitrogens is 3. The number of hydrogen-bond donors (Lipinski definition) is 2. The Morgan fingerprint density at radius 1 is 1.61 bits per heavy atom. The number of rotatable bonds is 4. The Bertz CT molecular complexity index is 603. The molecule has 18 heavy (non-hydrogen) atoms. The van der Waals surface area contributed by atoms with Crippen LogP contribution in [0.1, 0.15) is 18.5 Å². The molecule has 0 aliphatic heterocycles. The topological polar surface area (TPSA) is 79.5 Å². The summed E-state index contributed by atoms with van der Waals surface area (Å²) in [6.07, 6.45) is 5.30. The maximum atomic E-state index is 11.2. The van der Waals surface area contributed by atoms with Gasteiger partial charge in [-0.3, -0.25) is 0 Å². The second-order valence-electron chi connectivity index (χ2n) is 4.69. The standard InChI is InChI=1S/C12H14N4O2/c1-7-6-9-11(13-4-5-16(9)15-7)14-10(12(17)18)8-2-3-8/h4-6,8,10H,2-3H2,1H3,(H,13,14)(H,17,18). The zero-order chi connectivity index (χ0) is 12.7. The molecule has 2 N–H and O–H groups in total. The van der Waals surface area contributed by atoms with Crippen LogP contribution in [0.5, 0.6) is 0 Å². The Kier molecular flexibility index (Phi) is 2.43. The van der Waals surface area contributed by atoms with Gasteiger partial charge in [0.05, 0.1) is 5.69 Å². The zero-order valence-electron chi connectivity index (χ0n) is 10.00. The van der Waals surface area contributed by atoms with Crippen molar-refractivity contribution in [3.05, 3.63) is 24.2 Å². The fourth-order valence-electron chi connectivity index (χ4n) is 2.11. The van der Waals surface area contributed by atoms with E-state index in [0.29, 0.717) is 5.82 Å². The summed E-state index contributed by atoms with van der Waals surface area (Å²) < 4.78 is 1.70. The third kappa shape index (κ3) is 1.90. The number of aliphatic carboxylic acids is 1. The first-order valence-electron chi connectivity index (χ1n) is 5.95. The van der Waals surface area contributed by atoms with E-state index in [-0.39, 0.29) is 5.92 Å². The molecular formula is C12H14N4O2. The number of carbonyl (C=O) groups is 1. The smallest absolute Gasteiger partial charge is 0.326 e. The number of carboxylic acids is 1. The molecule has 6 nitrogen and oxygen atoms in total. The van der Waals surface area contributed by atoms with Gasteiger partial charge in [0.2, 0.25) is 0 Å². The van der Waals surface area contributed by atoms with Crippen LogP contribution in [0.2, 0.25) is 0 Å². The molecule has 0 bridgehead atoms. The monoisotopic (exact) mass is 246 g/mol. The van der Waals surface area contributed by atoms with Crippen LogP contribution in [-0.4, -0.2) is 31.7 Å². The summed E-state index contributed by atoms with van der Waals surface area (Å²) in [6.45, 7) is 1.90. The molecule has 6 heteroatoms. The van der Waals surface area contributed by atoms with Gasteiger partial charge in [-0.2, -0.15) is 5.10 Å². The molecule has 2 heterocycles. The summed E-state index contributed by atoms with van der Waals surface area (Å²) in [7, 11) is 0. The van der Waals surface area contributed by atoms with Crippen molar-refractivity contribution < 1.29 is 9.90 Å². The lowest BCUT2D eigenvalue weighted by Gasteiger charge is -2.14. The molecule has 2 aromatic rings. The number of nitrogens with one attached hydrogen (secondary N) is 1. The Morgan fingerprint density at radius 2 is 2.39 bits per heavy atom. The zero-order valence-corrected chi connectivity index (χ0v) is 10.00. The average molecular weight is 246 g/mol. The first kappa shape index (κ1) is 11.0. The Balaban J connectivity index is 1.95. The lowest BCUT2D eigenvalue weighted by molar-refractivity contribution is -0.138. The molecule has 3 rings (SSSR count). The maximum absolute atomic E-state index is 11.2. The van der Waals surface area contributed by atoms with Gasteiger partial charge in [0.15, 0.2) is 5.82 Å². The van der Waals surface area contributed by atoms with Crippen LogP contribution in [0.25, 0.3) is 5.52 Å². The van der Waals surface area contributed by atoms with E-state index in [1.807, 2.05) is 13.0 Å². The maximum Gasteiger partial charge on any atom is 0.326 e. The minimum atomic E-state index is -0.822. The number of carboxylic acid groups (broad SMARTS) is 1. The Hall–Kier alpha value is -2.11. The number of fused-ring (bicyclic) bond motifs is 1. The highest BCUT2D eigenvalue weighted by atomic mass is 16.4. The van der Waals surface area contributed by atoms with Gasteiger partial charge in [-0.1, -0.05) is 0 Å². The molecule has 0 aromatic carbocycles. The van der Waals surface area contributed by atoms with Gasteiger partial charge in [0.1, 0.15) is 11.6 Å². The predicted octanol–water partition coefficient (Wildman–Crippen LogP) is 1.31. The summed E-state index contributed by atoms with van der Waals surface area (Å²) in [5.41, 5.74) is 1.69. The molecule has 1 aliphatic carbocycles. The fraction of sp³-hybridized carbons (Fsp3) is 0.417. The van der Waals surface area contributed by atoms with Crippen LogP contribution < -0.4 is 5.32 Å². The third-order valence-electron chi connectivity index (χ3n) is 3.16. The van der Waals surface area contributed by atoms with Crippen molar-refractivity contribution in [2.45, 2.75) is 25.8 Å². The SMILES string of the molecule is Cc1cc2c(NC(C(=O)O)C3CC3)nccn2n1. The van der Waals surface area contributed by atoms with Crippen molar-refractivity contribution in [3.8, 4) is 0 Å². The highest BCUT2D eigenvalue weighted by molar-refractivity contribution is 5.80. The van der Waals surface area contributed by atoms with E-state index in [0.717, 1.165) is 24.1 Å². The highest BCUT2D eigenvalue weighted by Gasteiger charge is 2.36. The number of aryl methyl sites for hydroxylation is 1. The molecule has 0 amide bonds. The summed E-state index contributed by atoms with van der Waals surface area (Å²) >= 11 is 0. The summed E-state index contributed by atoms with van der Waals surface area (Å²) in [6, 6.07) is 1.33. The summed E-state index contributed by atoms with van der Waals surface area (Å²) in [4.78, 5) is 15.4. The molecule has 1 atom stereocenters. The Labute approximate surface area is 104 Å². The number of hydrogen-bond acceptors (Lipinski definition) is 4. The second kappa shape index (κ2) is 3.97. The van der Waals surface area contributed by atoms with Crippen LogP contribution in [0.4, 0.5) is 5.82 Å². The van der Waals surface area contributed by atoms with E-state index in [4.69, 9.17) is 0 Å². The summed E-state index contributed by atoms with van der Waals surface area (Å²) in [5, 5.41) is 16.5. The predicted molar refractivity (Wildman–Crippen MR) is 65.5 cm³/mol. The minimum Gasteiger partial charge on any atom is -0.480 e. The van der Waals surface area contributed by atoms with Crippen molar-refractivity contribution >= 4 is 17.3 Å². The van der Waals surface area contributed by atoms with E-state index in [9.17, 15) is 9.90 Å². The average Bonchev–Trinajstić information content (AvgIpc) is 3.07. The first-order chi connectivity index (χ1) is 8.65. The van der Waals surface area contributed by atoms with E-state index in [1.54, 1.807) is 16.9 Å². The normalized spacial score (nSPS) is 16.7. The van der Waals surface area contributed by atoms with Crippen LogP contribution in [0.3, 0.4) is 0 Å². The summed E-state index contributed by atoms with van der Waals surface area (Å²) in [5.74, 6) is -0.0245. The molecule has 0 spiro atoms. The van der Waals surface area contributed by atoms with Crippen LogP contribution in [0.15, 0.2) is 18.5 Å². The first-order valence-corrected chi connectivity index (χ1v) is 5.95. The van der Waals surface area contributed by atoms with Gasteiger partial charge >= 0.3 is 5.97 Å². The molecule has 1 unspecified atom stereocenters. The molecule has 1 fully saturated rings. The lowest BCUT2D eigenvalue weighted by Crippen LogP contribution is -2.31. The van der Waals surface area contributed by atoms with Gasteiger partial charge in [-0.25, -0.2) is 14.3 Å². The third-order valence-corrected chi connectivity index (χ3v) is 3.16. The second-order valence-corrected chi connectivity index (χ2v) is 4.69. The quantitative estimate of drug-likeness (QED) is 0.850. The highest BCUT2D eigenvalue weighted by Crippen LogP contribution is 2.34. The number of nitrogens with zero attached hydrogens (tertiary/aromatic N) is 3. The van der Waals surface area contributed by atoms with Gasteiger partial charge < -0.3 is 10.4 Å². The Morgan fingerprint density at radius 3 is 3.06 bits per heavy atom. The van der Waals surface area contributed by atoms with Crippen LogP contribution in [0, 0.1) is 12.8 Å². The van der Waals surface area contributed by atoms with Gasteiger partial charge in [0.25, 0.3) is 0 Å². The number of anilines is 1. The van der Waals surface area contributed by atoms with E-state index in [2.05, 4.69) is 15.4 Å². The molecule has 0 radical (unpaired) electrons. The molecular weight excluding hydrogens is 232 g/mol. The van der Waals surface area contributed by atoms with Crippen LogP contribution in [-0.2, 0) is 4.79 Å². The van der Waals surface area contributed by atoms with Crippen LogP contribution >= 0.6 is 0 Å². The lowest BCUT2D eigenvalue weighted by atomic mass is 10.2. The molecule has 1 saturated carbocycles. The van der Waals surface area contributed by atoms with E-state index < -0.39 is 12.0 Å². The van der Waals surface area contributed by atoms with E-state index >= 15 is 0 Å². The van der Waals surface area contributed by atoms with Crippen molar-refractivity contribution in [1.82, 2.24) is 14.6 Å². The van der Waals surface area contributed by atoms with Crippen molar-refractivity contribution in [1.29, 1.82) is 0 Å². The van der Waals surface area contributed by atoms with Crippen molar-refractivity contribution in [2.75, 3.05) is 5.32 Å². The van der Waals surface area contributed by atoms with E-state index in [1.165, 1.54) is 0 Å². The minimum absolute atomic E-state index is 0.216. The van der Waals surface area contributed by atoms with Gasteiger partial charge in [-0.05, 0) is 31.7 Å². The molecule has 2 aromatic heterocycles. The molecule has 0 saturated heterocycles. The van der Waals surface area contributed by atoms with Crippen molar-refractivity contribution in [2.24, 2.45) is 5.92 Å². The fourth-order valence-corrected chi connectivity index (χ4v) is 2.11. The van der Waals surface area contributed by atoms with Gasteiger partial charge in [0, 0.05) is 12.4 Å². The molecule has 94 valence electrons.